The van der Waals surface area contributed by atoms with E-state index in [-0.39, 0.29) is 6.04 Å². The van der Waals surface area contributed by atoms with Crippen LogP contribution >= 0.6 is 38.6 Å². The molecule has 2 rings (SSSR count). The molecular formula is C11H13BrN2S2. The molecule has 0 saturated carbocycles. The molecule has 5 heteroatoms. The van der Waals surface area contributed by atoms with Crippen molar-refractivity contribution in [2.75, 3.05) is 6.54 Å². The van der Waals surface area contributed by atoms with Crippen molar-refractivity contribution in [2.24, 2.45) is 0 Å². The summed E-state index contributed by atoms with van der Waals surface area (Å²) in [5.41, 5.74) is 0. The van der Waals surface area contributed by atoms with Gasteiger partial charge in [0.1, 0.15) is 5.01 Å². The molecule has 1 atom stereocenters. The van der Waals surface area contributed by atoms with Crippen LogP contribution in [0.2, 0.25) is 0 Å². The maximum Gasteiger partial charge on any atom is 0.115 e. The van der Waals surface area contributed by atoms with E-state index in [0.717, 1.165) is 11.6 Å². The number of rotatable bonds is 4. The van der Waals surface area contributed by atoms with E-state index in [9.17, 15) is 0 Å². The van der Waals surface area contributed by atoms with E-state index < -0.39 is 0 Å². The van der Waals surface area contributed by atoms with Crippen molar-refractivity contribution in [1.82, 2.24) is 10.3 Å². The molecule has 0 bridgehead atoms. The quantitative estimate of drug-likeness (QED) is 0.923. The average molecular weight is 317 g/mol. The van der Waals surface area contributed by atoms with Gasteiger partial charge in [-0.15, -0.1) is 22.7 Å². The first-order valence-corrected chi connectivity index (χ1v) is 7.60. The van der Waals surface area contributed by atoms with Crippen molar-refractivity contribution in [3.63, 3.8) is 0 Å². The van der Waals surface area contributed by atoms with Crippen LogP contribution in [0.25, 0.3) is 0 Å². The number of thiazole rings is 1. The molecule has 86 valence electrons. The lowest BCUT2D eigenvalue weighted by molar-refractivity contribution is 0.636. The molecule has 0 saturated heterocycles. The second-order valence-corrected chi connectivity index (χ2v) is 6.48. The highest BCUT2D eigenvalue weighted by Crippen LogP contribution is 2.34. The number of nitrogens with zero attached hydrogens (tertiary/aromatic N) is 1. The van der Waals surface area contributed by atoms with Gasteiger partial charge in [0.2, 0.25) is 0 Å². The van der Waals surface area contributed by atoms with Crippen LogP contribution < -0.4 is 5.32 Å². The lowest BCUT2D eigenvalue weighted by Gasteiger charge is -2.13. The molecule has 0 fully saturated rings. The zero-order chi connectivity index (χ0) is 11.5. The van der Waals surface area contributed by atoms with E-state index in [1.165, 1.54) is 14.2 Å². The number of aromatic nitrogens is 1. The summed E-state index contributed by atoms with van der Waals surface area (Å²) in [7, 11) is 0. The number of aryl methyl sites for hydroxylation is 1. The lowest BCUT2D eigenvalue weighted by Crippen LogP contribution is -2.20. The Morgan fingerprint density at radius 3 is 2.88 bits per heavy atom. The second kappa shape index (κ2) is 5.40. The van der Waals surface area contributed by atoms with E-state index in [4.69, 9.17) is 0 Å². The van der Waals surface area contributed by atoms with E-state index in [0.29, 0.717) is 0 Å². The fraction of sp³-hybridized carbons (Fsp3) is 0.364. The molecule has 2 aromatic rings. The van der Waals surface area contributed by atoms with Gasteiger partial charge in [-0.25, -0.2) is 4.98 Å². The highest BCUT2D eigenvalue weighted by atomic mass is 79.9. The van der Waals surface area contributed by atoms with Crippen LogP contribution in [0.3, 0.4) is 0 Å². The van der Waals surface area contributed by atoms with Crippen molar-refractivity contribution in [3.8, 4) is 0 Å². The number of nitrogens with one attached hydrogen (secondary N) is 1. The Kier molecular flexibility index (Phi) is 4.13. The average Bonchev–Trinajstić information content (AvgIpc) is 2.86. The largest absolute Gasteiger partial charge is 0.304 e. The predicted molar refractivity (Wildman–Crippen MR) is 74.4 cm³/mol. The van der Waals surface area contributed by atoms with Crippen LogP contribution in [0.4, 0.5) is 0 Å². The molecule has 0 amide bonds. The molecule has 0 spiro atoms. The molecule has 16 heavy (non-hydrogen) atoms. The number of hydrogen-bond acceptors (Lipinski definition) is 4. The minimum atomic E-state index is 0.236. The summed E-state index contributed by atoms with van der Waals surface area (Å²) in [5.74, 6) is 0. The summed E-state index contributed by atoms with van der Waals surface area (Å²) < 4.78 is 1.19. The highest BCUT2D eigenvalue weighted by Gasteiger charge is 2.18. The summed E-state index contributed by atoms with van der Waals surface area (Å²) in [6.45, 7) is 5.19. The summed E-state index contributed by atoms with van der Waals surface area (Å²) in [6, 6.07) is 2.43. The van der Waals surface area contributed by atoms with Gasteiger partial charge in [0, 0.05) is 25.8 Å². The van der Waals surface area contributed by atoms with E-state index in [1.54, 1.807) is 11.3 Å². The third kappa shape index (κ3) is 2.53. The van der Waals surface area contributed by atoms with Gasteiger partial charge >= 0.3 is 0 Å². The van der Waals surface area contributed by atoms with Crippen molar-refractivity contribution >= 4 is 38.6 Å². The van der Waals surface area contributed by atoms with Crippen molar-refractivity contribution in [2.45, 2.75) is 19.9 Å². The zero-order valence-corrected chi connectivity index (χ0v) is 12.4. The predicted octanol–water partition coefficient (Wildman–Crippen LogP) is 3.97. The topological polar surface area (TPSA) is 24.9 Å². The molecule has 0 aliphatic carbocycles. The summed E-state index contributed by atoms with van der Waals surface area (Å²) in [5, 5.41) is 6.64. The Bertz CT molecular complexity index is 431. The Morgan fingerprint density at radius 1 is 1.56 bits per heavy atom. The van der Waals surface area contributed by atoms with Crippen LogP contribution in [0.1, 0.15) is 27.7 Å². The fourth-order valence-electron chi connectivity index (χ4n) is 1.51. The van der Waals surface area contributed by atoms with Crippen LogP contribution in [0.15, 0.2) is 22.1 Å². The van der Waals surface area contributed by atoms with Crippen LogP contribution in [0.5, 0.6) is 0 Å². The smallest absolute Gasteiger partial charge is 0.115 e. The van der Waals surface area contributed by atoms with Gasteiger partial charge in [0.15, 0.2) is 0 Å². The SMILES string of the molecule is CCNC(c1cc(Br)c(C)s1)c1nccs1. The number of thiophene rings is 1. The van der Waals surface area contributed by atoms with E-state index in [2.05, 4.69) is 46.1 Å². The Balaban J connectivity index is 2.32. The Morgan fingerprint density at radius 2 is 2.38 bits per heavy atom. The minimum absolute atomic E-state index is 0.236. The van der Waals surface area contributed by atoms with Gasteiger partial charge < -0.3 is 5.32 Å². The van der Waals surface area contributed by atoms with Crippen molar-refractivity contribution in [1.29, 1.82) is 0 Å². The molecule has 0 aromatic carbocycles. The lowest BCUT2D eigenvalue weighted by atomic mass is 10.2. The Hall–Kier alpha value is -0.230. The van der Waals surface area contributed by atoms with Crippen LogP contribution in [-0.2, 0) is 0 Å². The van der Waals surface area contributed by atoms with Gasteiger partial charge in [0.25, 0.3) is 0 Å². The van der Waals surface area contributed by atoms with Crippen LogP contribution in [0, 0.1) is 6.92 Å². The first kappa shape index (κ1) is 12.2. The molecule has 1 N–H and O–H groups in total. The van der Waals surface area contributed by atoms with E-state index in [1.807, 2.05) is 22.9 Å². The van der Waals surface area contributed by atoms with Gasteiger partial charge in [-0.1, -0.05) is 6.92 Å². The van der Waals surface area contributed by atoms with E-state index >= 15 is 0 Å². The molecule has 0 aliphatic rings. The molecule has 0 aliphatic heterocycles. The first-order chi connectivity index (χ1) is 7.72. The molecule has 1 unspecified atom stereocenters. The zero-order valence-electron chi connectivity index (χ0n) is 9.16. The minimum Gasteiger partial charge on any atom is -0.304 e. The van der Waals surface area contributed by atoms with Gasteiger partial charge in [-0.3, -0.25) is 0 Å². The third-order valence-electron chi connectivity index (χ3n) is 2.27. The second-order valence-electron chi connectivity index (χ2n) is 3.41. The van der Waals surface area contributed by atoms with Gasteiger partial charge in [-0.2, -0.15) is 0 Å². The monoisotopic (exact) mass is 316 g/mol. The number of halogens is 1. The molecule has 2 heterocycles. The first-order valence-electron chi connectivity index (χ1n) is 5.11. The fourth-order valence-corrected chi connectivity index (χ4v) is 3.96. The summed E-state index contributed by atoms with van der Waals surface area (Å²) in [4.78, 5) is 7.03. The molecule has 0 radical (unpaired) electrons. The maximum absolute atomic E-state index is 4.40. The normalized spacial score (nSPS) is 12.9. The Labute approximate surface area is 112 Å². The standard InChI is InChI=1S/C11H13BrN2S2/c1-3-13-10(11-14-4-5-15-11)9-6-8(12)7(2)16-9/h4-6,10,13H,3H2,1-2H3. The van der Waals surface area contributed by atoms with Crippen molar-refractivity contribution in [3.05, 3.63) is 36.9 Å². The van der Waals surface area contributed by atoms with Crippen LogP contribution in [-0.4, -0.2) is 11.5 Å². The molecular weight excluding hydrogens is 304 g/mol. The maximum atomic E-state index is 4.40. The summed E-state index contributed by atoms with van der Waals surface area (Å²) >= 11 is 7.08. The molecule has 2 nitrogen and oxygen atoms in total. The third-order valence-corrected chi connectivity index (χ3v) is 5.31. The summed E-state index contributed by atoms with van der Waals surface area (Å²) in [6.07, 6.45) is 1.86. The van der Waals surface area contributed by atoms with Crippen molar-refractivity contribution < 1.29 is 0 Å². The van der Waals surface area contributed by atoms with Gasteiger partial charge in [-0.05, 0) is 35.5 Å². The molecule has 2 aromatic heterocycles. The highest BCUT2D eigenvalue weighted by molar-refractivity contribution is 9.10. The number of hydrogen-bond donors (Lipinski definition) is 1. The van der Waals surface area contributed by atoms with Gasteiger partial charge in [0.05, 0.1) is 6.04 Å².